The van der Waals surface area contributed by atoms with Crippen LogP contribution in [0.15, 0.2) is 29.9 Å². The lowest BCUT2D eigenvalue weighted by molar-refractivity contribution is 0.0730. The summed E-state index contributed by atoms with van der Waals surface area (Å²) in [7, 11) is 0. The molecular weight excluding hydrogens is 308 g/mol. The van der Waals surface area contributed by atoms with Crippen molar-refractivity contribution in [1.82, 2.24) is 14.9 Å². The predicted molar refractivity (Wildman–Crippen MR) is 84.5 cm³/mol. The van der Waals surface area contributed by atoms with E-state index in [-0.39, 0.29) is 24.4 Å². The molecule has 3 heterocycles. The number of carbonyl (C=O) groups excluding carboxylic acids is 1. The molecule has 1 unspecified atom stereocenters. The summed E-state index contributed by atoms with van der Waals surface area (Å²) in [6, 6.07) is 4.04. The molecule has 1 atom stereocenters. The first-order valence-corrected chi connectivity index (χ1v) is 7.53. The van der Waals surface area contributed by atoms with Crippen LogP contribution in [0.1, 0.15) is 39.9 Å². The van der Waals surface area contributed by atoms with E-state index < -0.39 is 0 Å². The Morgan fingerprint density at radius 3 is 3.05 bits per heavy atom. The average molecular weight is 325 g/mol. The lowest BCUT2D eigenvalue weighted by Gasteiger charge is -2.24. The lowest BCUT2D eigenvalue weighted by atomic mass is 10.1. The first-order chi connectivity index (χ1) is 9.79. The zero-order chi connectivity index (χ0) is 13.9. The second-order valence-electron chi connectivity index (χ2n) is 4.77. The van der Waals surface area contributed by atoms with E-state index in [1.54, 1.807) is 11.6 Å². The van der Waals surface area contributed by atoms with Crippen LogP contribution in [0, 0.1) is 0 Å². The third-order valence-corrected chi connectivity index (χ3v) is 4.40. The molecule has 1 aliphatic heterocycles. The third kappa shape index (κ3) is 3.23. The van der Waals surface area contributed by atoms with Gasteiger partial charge in [0.2, 0.25) is 0 Å². The molecule has 0 aliphatic carbocycles. The molecule has 5 nitrogen and oxygen atoms in total. The van der Waals surface area contributed by atoms with Gasteiger partial charge in [0, 0.05) is 30.9 Å². The van der Waals surface area contributed by atoms with Crippen LogP contribution in [0.25, 0.3) is 0 Å². The van der Waals surface area contributed by atoms with Crippen molar-refractivity contribution in [2.24, 2.45) is 5.73 Å². The summed E-state index contributed by atoms with van der Waals surface area (Å²) in [5.41, 5.74) is 7.15. The summed E-state index contributed by atoms with van der Waals surface area (Å²) >= 11 is 1.44. The number of carbonyl (C=O) groups is 1. The summed E-state index contributed by atoms with van der Waals surface area (Å²) < 4.78 is 0. The van der Waals surface area contributed by atoms with Crippen molar-refractivity contribution in [1.29, 1.82) is 0 Å². The maximum atomic E-state index is 12.6. The molecule has 21 heavy (non-hydrogen) atoms. The molecule has 0 aromatic carbocycles. The Bertz CT molecular complexity index is 604. The molecule has 3 rings (SSSR count). The summed E-state index contributed by atoms with van der Waals surface area (Å²) in [5.74, 6) is -0.00713. The molecule has 0 radical (unpaired) electrons. The first kappa shape index (κ1) is 15.9. The molecule has 112 valence electrons. The van der Waals surface area contributed by atoms with Crippen molar-refractivity contribution < 1.29 is 4.79 Å². The summed E-state index contributed by atoms with van der Waals surface area (Å²) in [4.78, 5) is 22.9. The topological polar surface area (TPSA) is 72.1 Å². The predicted octanol–water partition coefficient (Wildman–Crippen LogP) is 2.40. The van der Waals surface area contributed by atoms with Crippen molar-refractivity contribution >= 4 is 29.7 Å². The van der Waals surface area contributed by atoms with Crippen LogP contribution in [-0.4, -0.2) is 27.3 Å². The summed E-state index contributed by atoms with van der Waals surface area (Å²) in [5, 5.41) is 2.59. The number of thiazole rings is 1. The van der Waals surface area contributed by atoms with E-state index in [1.807, 2.05) is 23.2 Å². The van der Waals surface area contributed by atoms with E-state index in [0.717, 1.165) is 30.0 Å². The molecule has 2 aromatic heterocycles. The molecule has 1 aliphatic rings. The second-order valence-corrected chi connectivity index (χ2v) is 5.72. The van der Waals surface area contributed by atoms with Crippen molar-refractivity contribution in [3.63, 3.8) is 0 Å². The molecule has 0 saturated carbocycles. The maximum absolute atomic E-state index is 12.6. The monoisotopic (exact) mass is 324 g/mol. The van der Waals surface area contributed by atoms with Gasteiger partial charge in [0.25, 0.3) is 5.91 Å². The fourth-order valence-corrected chi connectivity index (χ4v) is 3.23. The number of aromatic nitrogens is 2. The fourth-order valence-electron chi connectivity index (χ4n) is 2.58. The van der Waals surface area contributed by atoms with Gasteiger partial charge in [-0.1, -0.05) is 6.07 Å². The molecule has 2 aromatic rings. The smallest absolute Gasteiger partial charge is 0.273 e. The third-order valence-electron chi connectivity index (χ3n) is 3.53. The molecule has 0 bridgehead atoms. The zero-order valence-corrected chi connectivity index (χ0v) is 13.1. The number of rotatable bonds is 3. The van der Waals surface area contributed by atoms with E-state index in [2.05, 4.69) is 9.97 Å². The number of halogens is 1. The van der Waals surface area contributed by atoms with Gasteiger partial charge in [-0.05, 0) is 24.5 Å². The van der Waals surface area contributed by atoms with Crippen LogP contribution in [0.2, 0.25) is 0 Å². The number of hydrogen-bond donors (Lipinski definition) is 1. The molecule has 7 heteroatoms. The Hall–Kier alpha value is -1.50. The molecular formula is C14H17ClN4OS. The summed E-state index contributed by atoms with van der Waals surface area (Å²) in [6.45, 7) is 1.15. The Morgan fingerprint density at radius 2 is 2.38 bits per heavy atom. The van der Waals surface area contributed by atoms with Crippen molar-refractivity contribution in [3.8, 4) is 0 Å². The van der Waals surface area contributed by atoms with E-state index >= 15 is 0 Å². The van der Waals surface area contributed by atoms with Gasteiger partial charge in [-0.3, -0.25) is 9.78 Å². The highest BCUT2D eigenvalue weighted by molar-refractivity contribution is 7.09. The Morgan fingerprint density at radius 1 is 1.52 bits per heavy atom. The first-order valence-electron chi connectivity index (χ1n) is 6.65. The van der Waals surface area contributed by atoms with E-state index in [4.69, 9.17) is 5.73 Å². The zero-order valence-electron chi connectivity index (χ0n) is 11.4. The summed E-state index contributed by atoms with van der Waals surface area (Å²) in [6.07, 6.45) is 5.58. The van der Waals surface area contributed by atoms with Crippen LogP contribution in [0.5, 0.6) is 0 Å². The van der Waals surface area contributed by atoms with Crippen LogP contribution in [-0.2, 0) is 6.54 Å². The highest BCUT2D eigenvalue weighted by Gasteiger charge is 2.31. The van der Waals surface area contributed by atoms with Crippen molar-refractivity contribution in [3.05, 3.63) is 46.2 Å². The molecule has 2 N–H and O–H groups in total. The highest BCUT2D eigenvalue weighted by Crippen LogP contribution is 2.32. The Kier molecular flexibility index (Phi) is 5.27. The number of nitrogens with zero attached hydrogens (tertiary/aromatic N) is 3. The van der Waals surface area contributed by atoms with Gasteiger partial charge in [0.15, 0.2) is 0 Å². The van der Waals surface area contributed by atoms with Crippen LogP contribution in [0.4, 0.5) is 0 Å². The number of pyridine rings is 1. The fraction of sp³-hybridized carbons (Fsp3) is 0.357. The van der Waals surface area contributed by atoms with Gasteiger partial charge in [0.1, 0.15) is 10.7 Å². The SMILES string of the molecule is Cl.NCc1nc(C(=O)N2CCCC2c2cccnc2)cs1. The standard InChI is InChI=1S/C14H16N4OS.ClH/c15-7-13-17-11(9-20-13)14(19)18-6-2-4-12(18)10-3-1-5-16-8-10;/h1,3,5,8-9,12H,2,4,6-7,15H2;1H. The van der Waals surface area contributed by atoms with Gasteiger partial charge in [-0.25, -0.2) is 4.98 Å². The lowest BCUT2D eigenvalue weighted by Crippen LogP contribution is -2.30. The largest absolute Gasteiger partial charge is 0.330 e. The van der Waals surface area contributed by atoms with Gasteiger partial charge in [-0.15, -0.1) is 23.7 Å². The minimum absolute atomic E-state index is 0. The number of nitrogens with two attached hydrogens (primary N) is 1. The van der Waals surface area contributed by atoms with E-state index in [9.17, 15) is 4.79 Å². The van der Waals surface area contributed by atoms with E-state index in [0.29, 0.717) is 12.2 Å². The number of likely N-dealkylation sites (tertiary alicyclic amines) is 1. The Balaban J connectivity index is 0.00000161. The van der Waals surface area contributed by atoms with Gasteiger partial charge in [0.05, 0.1) is 6.04 Å². The van der Waals surface area contributed by atoms with E-state index in [1.165, 1.54) is 11.3 Å². The van der Waals surface area contributed by atoms with Gasteiger partial charge >= 0.3 is 0 Å². The number of amides is 1. The average Bonchev–Trinajstić information content (AvgIpc) is 3.16. The van der Waals surface area contributed by atoms with Crippen LogP contribution < -0.4 is 5.73 Å². The minimum atomic E-state index is -0.00713. The molecule has 1 fully saturated rings. The van der Waals surface area contributed by atoms with Crippen LogP contribution in [0.3, 0.4) is 0 Å². The highest BCUT2D eigenvalue weighted by atomic mass is 35.5. The minimum Gasteiger partial charge on any atom is -0.330 e. The normalized spacial score (nSPS) is 17.6. The van der Waals surface area contributed by atoms with Crippen molar-refractivity contribution in [2.45, 2.75) is 25.4 Å². The van der Waals surface area contributed by atoms with Crippen molar-refractivity contribution in [2.75, 3.05) is 6.54 Å². The molecule has 1 amide bonds. The number of hydrogen-bond acceptors (Lipinski definition) is 5. The second kappa shape index (κ2) is 6.98. The van der Waals surface area contributed by atoms with Gasteiger partial charge < -0.3 is 10.6 Å². The molecule has 0 spiro atoms. The Labute approximate surface area is 133 Å². The van der Waals surface area contributed by atoms with Gasteiger partial charge in [-0.2, -0.15) is 0 Å². The quantitative estimate of drug-likeness (QED) is 0.941. The maximum Gasteiger partial charge on any atom is 0.273 e. The molecule has 1 saturated heterocycles. The van der Waals surface area contributed by atoms with Crippen LogP contribution >= 0.6 is 23.7 Å².